The highest BCUT2D eigenvalue weighted by Gasteiger charge is 2.12. The molecule has 1 unspecified atom stereocenters. The van der Waals surface area contributed by atoms with Crippen molar-refractivity contribution in [2.75, 3.05) is 5.32 Å². The molecular formula is C16H19N3O2. The molecule has 0 saturated heterocycles. The molecule has 5 nitrogen and oxygen atoms in total. The lowest BCUT2D eigenvalue weighted by Gasteiger charge is -2.12. The van der Waals surface area contributed by atoms with E-state index < -0.39 is 6.04 Å². The van der Waals surface area contributed by atoms with Crippen LogP contribution in [-0.4, -0.2) is 16.9 Å². The van der Waals surface area contributed by atoms with Crippen molar-refractivity contribution in [2.45, 2.75) is 25.8 Å². The van der Waals surface area contributed by atoms with Crippen LogP contribution in [0.2, 0.25) is 0 Å². The van der Waals surface area contributed by atoms with E-state index in [-0.39, 0.29) is 5.91 Å². The minimum atomic E-state index is -0.490. The number of hydrogen-bond donors (Lipinski definition) is 2. The summed E-state index contributed by atoms with van der Waals surface area (Å²) in [6.07, 6.45) is 3.19. The maximum absolute atomic E-state index is 11.9. The molecule has 2 rings (SSSR count). The highest BCUT2D eigenvalue weighted by atomic mass is 16.5. The van der Waals surface area contributed by atoms with Crippen molar-refractivity contribution in [2.24, 2.45) is 5.73 Å². The molecule has 3 N–H and O–H groups in total. The van der Waals surface area contributed by atoms with Gasteiger partial charge in [0.15, 0.2) is 0 Å². The van der Waals surface area contributed by atoms with E-state index >= 15 is 0 Å². The van der Waals surface area contributed by atoms with Gasteiger partial charge in [-0.25, -0.2) is 4.98 Å². The molecule has 21 heavy (non-hydrogen) atoms. The van der Waals surface area contributed by atoms with E-state index in [0.717, 1.165) is 6.42 Å². The second-order valence-electron chi connectivity index (χ2n) is 4.68. The summed E-state index contributed by atoms with van der Waals surface area (Å²) in [6.45, 7) is 1.99. The molecule has 0 saturated carbocycles. The number of aromatic nitrogens is 1. The average molecular weight is 285 g/mol. The fraction of sp³-hybridized carbons (Fsp3) is 0.250. The van der Waals surface area contributed by atoms with Crippen LogP contribution in [0.25, 0.3) is 0 Å². The first-order chi connectivity index (χ1) is 10.2. The van der Waals surface area contributed by atoms with Crippen molar-refractivity contribution in [3.05, 3.63) is 48.7 Å². The van der Waals surface area contributed by atoms with Crippen molar-refractivity contribution < 1.29 is 9.53 Å². The second kappa shape index (κ2) is 7.40. The van der Waals surface area contributed by atoms with E-state index in [9.17, 15) is 4.79 Å². The van der Waals surface area contributed by atoms with Gasteiger partial charge in [0, 0.05) is 24.0 Å². The van der Waals surface area contributed by atoms with Crippen molar-refractivity contribution in [3.8, 4) is 11.6 Å². The number of carbonyl (C=O) groups is 1. The van der Waals surface area contributed by atoms with Crippen molar-refractivity contribution >= 4 is 11.6 Å². The number of pyridine rings is 1. The Bertz CT molecular complexity index is 587. The fourth-order valence-corrected chi connectivity index (χ4v) is 1.84. The van der Waals surface area contributed by atoms with Gasteiger partial charge in [-0.1, -0.05) is 25.5 Å². The van der Waals surface area contributed by atoms with Gasteiger partial charge < -0.3 is 15.8 Å². The first kappa shape index (κ1) is 15.0. The Labute approximate surface area is 124 Å². The van der Waals surface area contributed by atoms with E-state index in [1.807, 2.05) is 19.1 Å². The lowest BCUT2D eigenvalue weighted by atomic mass is 10.1. The van der Waals surface area contributed by atoms with Gasteiger partial charge in [-0.2, -0.15) is 0 Å². The zero-order chi connectivity index (χ0) is 15.1. The van der Waals surface area contributed by atoms with Crippen LogP contribution < -0.4 is 15.8 Å². The molecule has 5 heteroatoms. The predicted octanol–water partition coefficient (Wildman–Crippen LogP) is 2.94. The van der Waals surface area contributed by atoms with Gasteiger partial charge >= 0.3 is 0 Å². The predicted molar refractivity (Wildman–Crippen MR) is 82.3 cm³/mol. The number of carbonyl (C=O) groups excluding carboxylic acids is 1. The number of rotatable bonds is 6. The van der Waals surface area contributed by atoms with Gasteiger partial charge in [0.1, 0.15) is 5.75 Å². The standard InChI is InChI=1S/C16H19N3O2/c1-2-6-14(17)16(20)19-12-7-5-8-13(11-12)21-15-9-3-4-10-18-15/h3-5,7-11,14H,2,6,17H2,1H3,(H,19,20). The quantitative estimate of drug-likeness (QED) is 0.855. The Morgan fingerprint density at radius 1 is 1.33 bits per heavy atom. The molecule has 0 fully saturated rings. The van der Waals surface area contributed by atoms with Crippen LogP contribution in [0, 0.1) is 0 Å². The van der Waals surface area contributed by atoms with Gasteiger partial charge in [0.05, 0.1) is 6.04 Å². The van der Waals surface area contributed by atoms with Gasteiger partial charge in [-0.05, 0) is 24.6 Å². The number of nitrogens with one attached hydrogen (secondary N) is 1. The van der Waals surface area contributed by atoms with Crippen molar-refractivity contribution in [1.29, 1.82) is 0 Å². The Morgan fingerprint density at radius 2 is 2.19 bits per heavy atom. The molecular weight excluding hydrogens is 266 g/mol. The van der Waals surface area contributed by atoms with Crippen LogP contribution in [0.4, 0.5) is 5.69 Å². The maximum atomic E-state index is 11.9. The summed E-state index contributed by atoms with van der Waals surface area (Å²) in [7, 11) is 0. The molecule has 1 amide bonds. The molecule has 0 aliphatic rings. The largest absolute Gasteiger partial charge is 0.439 e. The Kier molecular flexibility index (Phi) is 5.29. The van der Waals surface area contributed by atoms with Crippen LogP contribution in [0.5, 0.6) is 11.6 Å². The van der Waals surface area contributed by atoms with Crippen molar-refractivity contribution in [3.63, 3.8) is 0 Å². The molecule has 1 atom stereocenters. The number of anilines is 1. The van der Waals surface area contributed by atoms with E-state index in [2.05, 4.69) is 10.3 Å². The molecule has 1 heterocycles. The first-order valence-corrected chi connectivity index (χ1v) is 6.94. The van der Waals surface area contributed by atoms with Gasteiger partial charge in [-0.3, -0.25) is 4.79 Å². The number of benzene rings is 1. The Morgan fingerprint density at radius 3 is 2.90 bits per heavy atom. The number of amides is 1. The Balaban J connectivity index is 2.02. The van der Waals surface area contributed by atoms with E-state index in [1.165, 1.54) is 0 Å². The topological polar surface area (TPSA) is 77.2 Å². The van der Waals surface area contributed by atoms with Gasteiger partial charge in [0.2, 0.25) is 11.8 Å². The summed E-state index contributed by atoms with van der Waals surface area (Å²) < 4.78 is 5.61. The molecule has 1 aromatic heterocycles. The number of hydrogen-bond acceptors (Lipinski definition) is 4. The Hall–Kier alpha value is -2.40. The highest BCUT2D eigenvalue weighted by molar-refractivity contribution is 5.94. The van der Waals surface area contributed by atoms with Crippen molar-refractivity contribution in [1.82, 2.24) is 4.98 Å². The lowest BCUT2D eigenvalue weighted by molar-refractivity contribution is -0.117. The lowest BCUT2D eigenvalue weighted by Crippen LogP contribution is -2.35. The van der Waals surface area contributed by atoms with Crippen LogP contribution in [0.15, 0.2) is 48.7 Å². The van der Waals surface area contributed by atoms with E-state index in [0.29, 0.717) is 23.7 Å². The summed E-state index contributed by atoms with van der Waals surface area (Å²) in [4.78, 5) is 16.0. The average Bonchev–Trinajstić information content (AvgIpc) is 2.49. The van der Waals surface area contributed by atoms with Crippen LogP contribution in [0.3, 0.4) is 0 Å². The normalized spacial score (nSPS) is 11.7. The molecule has 110 valence electrons. The summed E-state index contributed by atoms with van der Waals surface area (Å²) in [5, 5.41) is 2.79. The zero-order valence-corrected chi connectivity index (χ0v) is 12.0. The van der Waals surface area contributed by atoms with E-state index in [4.69, 9.17) is 10.5 Å². The molecule has 2 aromatic rings. The molecule has 0 aliphatic carbocycles. The highest BCUT2D eigenvalue weighted by Crippen LogP contribution is 2.22. The number of nitrogens with zero attached hydrogens (tertiary/aromatic N) is 1. The smallest absolute Gasteiger partial charge is 0.241 e. The third-order valence-electron chi connectivity index (χ3n) is 2.90. The molecule has 0 spiro atoms. The summed E-state index contributed by atoms with van der Waals surface area (Å²) in [5.41, 5.74) is 6.44. The van der Waals surface area contributed by atoms with E-state index in [1.54, 1.807) is 36.5 Å². The minimum absolute atomic E-state index is 0.188. The SMILES string of the molecule is CCCC(N)C(=O)Nc1cccc(Oc2ccccn2)c1. The zero-order valence-electron chi connectivity index (χ0n) is 12.0. The molecule has 0 radical (unpaired) electrons. The van der Waals surface area contributed by atoms with Crippen LogP contribution >= 0.6 is 0 Å². The molecule has 0 aliphatic heterocycles. The van der Waals surface area contributed by atoms with Crippen LogP contribution in [-0.2, 0) is 4.79 Å². The first-order valence-electron chi connectivity index (χ1n) is 6.94. The van der Waals surface area contributed by atoms with Gasteiger partial charge in [0.25, 0.3) is 0 Å². The third kappa shape index (κ3) is 4.57. The fourth-order valence-electron chi connectivity index (χ4n) is 1.84. The maximum Gasteiger partial charge on any atom is 0.241 e. The molecule has 1 aromatic carbocycles. The summed E-state index contributed by atoms with van der Waals surface area (Å²) in [5.74, 6) is 0.922. The number of ether oxygens (including phenoxy) is 1. The third-order valence-corrected chi connectivity index (χ3v) is 2.90. The second-order valence-corrected chi connectivity index (χ2v) is 4.68. The molecule has 0 bridgehead atoms. The van der Waals surface area contributed by atoms with Crippen LogP contribution in [0.1, 0.15) is 19.8 Å². The van der Waals surface area contributed by atoms with Gasteiger partial charge in [-0.15, -0.1) is 0 Å². The number of nitrogens with two attached hydrogens (primary N) is 1. The summed E-state index contributed by atoms with van der Waals surface area (Å²) >= 11 is 0. The minimum Gasteiger partial charge on any atom is -0.439 e. The summed E-state index contributed by atoms with van der Waals surface area (Å²) in [6, 6.07) is 12.1. The monoisotopic (exact) mass is 285 g/mol.